The van der Waals surface area contributed by atoms with Crippen LogP contribution in [-0.2, 0) is 28.0 Å². The second-order valence-corrected chi connectivity index (χ2v) is 11.9. The molecule has 2 aromatic carbocycles. The summed E-state index contributed by atoms with van der Waals surface area (Å²) in [6.45, 7) is 4.53. The van der Waals surface area contributed by atoms with E-state index in [0.717, 1.165) is 44.5 Å². The molecule has 0 aliphatic carbocycles. The zero-order valence-electron chi connectivity index (χ0n) is 25.6. The molecule has 1 aliphatic rings. The van der Waals surface area contributed by atoms with Crippen molar-refractivity contribution in [3.05, 3.63) is 59.9 Å². The number of nitrogens with zero attached hydrogens (tertiary/aromatic N) is 4. The lowest BCUT2D eigenvalue weighted by molar-refractivity contribution is -0.137. The Hall–Kier alpha value is -4.81. The minimum atomic E-state index is -4.63. The first-order valence-electron chi connectivity index (χ1n) is 13.9. The van der Waals surface area contributed by atoms with Gasteiger partial charge in [-0.25, -0.2) is 18.2 Å². The van der Waals surface area contributed by atoms with Crippen molar-refractivity contribution in [2.75, 3.05) is 63.3 Å². The zero-order valence-corrected chi connectivity index (χ0v) is 26.4. The number of methoxy groups -OCH3 is 1. The van der Waals surface area contributed by atoms with Gasteiger partial charge in [-0.2, -0.15) is 18.2 Å². The number of para-hydroxylation sites is 1. The van der Waals surface area contributed by atoms with Gasteiger partial charge >= 0.3 is 18.2 Å². The van der Waals surface area contributed by atoms with Crippen molar-refractivity contribution in [1.29, 1.82) is 0 Å². The van der Waals surface area contributed by atoms with Crippen LogP contribution < -0.4 is 24.7 Å². The highest BCUT2D eigenvalue weighted by Gasteiger charge is 2.32. The third kappa shape index (κ3) is 9.36. The van der Waals surface area contributed by atoms with Crippen molar-refractivity contribution in [3.63, 3.8) is 0 Å². The van der Waals surface area contributed by atoms with Gasteiger partial charge in [0.25, 0.3) is 0 Å². The number of nitrogens with two attached hydrogens (primary N) is 1. The van der Waals surface area contributed by atoms with Gasteiger partial charge in [-0.15, -0.1) is 0 Å². The molecule has 0 saturated carbocycles. The molecule has 47 heavy (non-hydrogen) atoms. The van der Waals surface area contributed by atoms with Crippen LogP contribution in [0.2, 0.25) is 0 Å². The van der Waals surface area contributed by atoms with Crippen LogP contribution in [0.1, 0.15) is 16.1 Å². The van der Waals surface area contributed by atoms with E-state index in [0.29, 0.717) is 35.9 Å². The number of benzene rings is 2. The fraction of sp³-hybridized carbons (Fsp3) is 0.345. The van der Waals surface area contributed by atoms with Crippen LogP contribution in [0.5, 0.6) is 23.4 Å². The van der Waals surface area contributed by atoms with Gasteiger partial charge < -0.3 is 34.4 Å². The van der Waals surface area contributed by atoms with Crippen LogP contribution in [0.3, 0.4) is 0 Å². The van der Waals surface area contributed by atoms with Crippen molar-refractivity contribution in [2.45, 2.75) is 6.18 Å². The average molecular weight is 683 g/mol. The average Bonchev–Trinajstić information content (AvgIpc) is 3.34. The van der Waals surface area contributed by atoms with E-state index in [1.54, 1.807) is 36.0 Å². The lowest BCUT2D eigenvalue weighted by atomic mass is 10.1. The molecule has 18 heteroatoms. The molecule has 0 amide bonds. The molecule has 1 fully saturated rings. The first-order valence-corrected chi connectivity index (χ1v) is 15.8. The maximum Gasteiger partial charge on any atom is 0.416 e. The first kappa shape index (κ1) is 35.1. The lowest BCUT2D eigenvalue weighted by Crippen LogP contribution is -2.38. The van der Waals surface area contributed by atoms with Crippen molar-refractivity contribution in [2.24, 2.45) is 7.05 Å². The van der Waals surface area contributed by atoms with E-state index in [-0.39, 0.29) is 28.8 Å². The molecule has 1 aliphatic heterocycles. The second-order valence-electron chi connectivity index (χ2n) is 10.2. The number of ether oxygens (including phenoxy) is 4. The molecule has 0 bridgehead atoms. The van der Waals surface area contributed by atoms with Crippen molar-refractivity contribution in [3.8, 4) is 23.4 Å². The van der Waals surface area contributed by atoms with Gasteiger partial charge in [0.15, 0.2) is 11.5 Å². The number of aromatic nitrogens is 3. The summed E-state index contributed by atoms with van der Waals surface area (Å²) in [5, 5.41) is 10.1. The van der Waals surface area contributed by atoms with Gasteiger partial charge in [0.05, 0.1) is 49.0 Å². The van der Waals surface area contributed by atoms with Gasteiger partial charge in [-0.3, -0.25) is 9.62 Å². The maximum atomic E-state index is 12.5. The van der Waals surface area contributed by atoms with E-state index in [1.807, 2.05) is 16.9 Å². The number of carboxylic acids is 1. The van der Waals surface area contributed by atoms with E-state index < -0.39 is 27.7 Å². The van der Waals surface area contributed by atoms with Crippen molar-refractivity contribution >= 4 is 38.3 Å². The number of hydrogen-bond acceptors (Lipinski definition) is 11. The third-order valence-corrected chi connectivity index (χ3v) is 7.34. The summed E-state index contributed by atoms with van der Waals surface area (Å²) in [6, 6.07) is 10.2. The van der Waals surface area contributed by atoms with Gasteiger partial charge in [-0.1, -0.05) is 12.1 Å². The molecule has 3 heterocycles. The molecule has 254 valence electrons. The molecule has 2 aromatic heterocycles. The number of hydrogen-bond donors (Lipinski definition) is 3. The SMILES string of the molecule is COc1c(N)cc(C(F)(F)F)cc1NS(C)(=O)=O.Cn1c(C(=O)O)cc2cccc(Oc3ccnc(OCCN4CCOCC4)n3)c21. The van der Waals surface area contributed by atoms with Crippen LogP contribution in [0.25, 0.3) is 10.9 Å². The molecule has 1 saturated heterocycles. The Morgan fingerprint density at radius 3 is 2.53 bits per heavy atom. The number of nitrogens with one attached hydrogen (secondary N) is 1. The number of morpholine rings is 1. The number of anilines is 2. The minimum Gasteiger partial charge on any atom is -0.492 e. The molecule has 5 rings (SSSR count). The summed E-state index contributed by atoms with van der Waals surface area (Å²) in [7, 11) is -0.875. The van der Waals surface area contributed by atoms with E-state index >= 15 is 0 Å². The van der Waals surface area contributed by atoms with Crippen molar-refractivity contribution in [1.82, 2.24) is 19.4 Å². The monoisotopic (exact) mass is 682 g/mol. The van der Waals surface area contributed by atoms with E-state index in [1.165, 1.54) is 7.11 Å². The lowest BCUT2D eigenvalue weighted by Gasteiger charge is -2.26. The Labute approximate surface area is 267 Å². The van der Waals surface area contributed by atoms with Crippen LogP contribution >= 0.6 is 0 Å². The fourth-order valence-electron chi connectivity index (χ4n) is 4.64. The summed E-state index contributed by atoms with van der Waals surface area (Å²) in [4.78, 5) is 22.1. The molecule has 0 atom stereocenters. The molecule has 0 radical (unpaired) electrons. The number of rotatable bonds is 10. The summed E-state index contributed by atoms with van der Waals surface area (Å²) < 4.78 is 84.9. The first-order chi connectivity index (χ1) is 22.2. The third-order valence-electron chi connectivity index (χ3n) is 6.75. The number of carboxylic acid groups (broad SMARTS) is 1. The fourth-order valence-corrected chi connectivity index (χ4v) is 5.19. The molecular weight excluding hydrogens is 649 g/mol. The predicted octanol–water partition coefficient (Wildman–Crippen LogP) is 3.84. The van der Waals surface area contributed by atoms with E-state index in [4.69, 9.17) is 24.7 Å². The number of carbonyl (C=O) groups is 1. The normalized spacial score (nSPS) is 13.8. The van der Waals surface area contributed by atoms with Crippen molar-refractivity contribution < 1.29 is 50.4 Å². The number of nitrogen functional groups attached to an aromatic ring is 1. The summed E-state index contributed by atoms with van der Waals surface area (Å²) in [5.41, 5.74) is 4.53. The highest BCUT2D eigenvalue weighted by atomic mass is 32.2. The van der Waals surface area contributed by atoms with E-state index in [2.05, 4.69) is 14.9 Å². The molecule has 4 aromatic rings. The number of aromatic carboxylic acids is 1. The minimum absolute atomic E-state index is 0.159. The Morgan fingerprint density at radius 1 is 1.17 bits per heavy atom. The molecule has 0 spiro atoms. The Bertz CT molecular complexity index is 1830. The van der Waals surface area contributed by atoms with Gasteiger partial charge in [0, 0.05) is 44.3 Å². The highest BCUT2D eigenvalue weighted by molar-refractivity contribution is 7.92. The Kier molecular flexibility index (Phi) is 11.0. The summed E-state index contributed by atoms with van der Waals surface area (Å²) in [6.07, 6.45) is -2.25. The van der Waals surface area contributed by atoms with Gasteiger partial charge in [0.2, 0.25) is 15.9 Å². The number of sulfonamides is 1. The highest BCUT2D eigenvalue weighted by Crippen LogP contribution is 2.39. The maximum absolute atomic E-state index is 12.5. The second kappa shape index (κ2) is 14.7. The largest absolute Gasteiger partial charge is 0.492 e. The molecule has 4 N–H and O–H groups in total. The number of halogens is 3. The van der Waals surface area contributed by atoms with E-state index in [9.17, 15) is 31.5 Å². The topological polar surface area (TPSA) is 180 Å². The number of aryl methyl sites for hydroxylation is 1. The number of alkyl halides is 3. The smallest absolute Gasteiger partial charge is 0.416 e. The number of fused-ring (bicyclic) bond motifs is 1. The standard InChI is InChI=1S/C20H22N4O5.C9H11F3N2O3S/c1-23-15(19(25)26)13-14-3-2-4-16(18(14)23)29-17-5-6-21-20(22-17)28-12-9-24-7-10-27-11-8-24;1-17-8-6(13)3-5(9(10,11)12)4-7(8)14-18(2,15)16/h2-6,13H,7-12H2,1H3,(H,25,26);3-4,14H,13H2,1-2H3. The Morgan fingerprint density at radius 2 is 1.89 bits per heavy atom. The Balaban J connectivity index is 0.000000240. The van der Waals surface area contributed by atoms with Crippen LogP contribution in [0.4, 0.5) is 24.5 Å². The van der Waals surface area contributed by atoms with Gasteiger partial charge in [-0.05, 0) is 24.3 Å². The van der Waals surface area contributed by atoms with Gasteiger partial charge in [0.1, 0.15) is 12.3 Å². The van der Waals surface area contributed by atoms with Crippen LogP contribution in [0, 0.1) is 0 Å². The summed E-state index contributed by atoms with van der Waals surface area (Å²) in [5.74, 6) is -0.316. The van der Waals surface area contributed by atoms with Crippen LogP contribution in [0.15, 0.2) is 48.7 Å². The molecule has 14 nitrogen and oxygen atoms in total. The molecule has 0 unspecified atom stereocenters. The summed E-state index contributed by atoms with van der Waals surface area (Å²) >= 11 is 0. The quantitative estimate of drug-likeness (QED) is 0.206. The predicted molar refractivity (Wildman–Crippen MR) is 166 cm³/mol. The molecular formula is C29H33F3N6O8S. The zero-order chi connectivity index (χ0) is 34.4. The van der Waals surface area contributed by atoms with Crippen LogP contribution in [-0.4, -0.2) is 91.7 Å².